The predicted molar refractivity (Wildman–Crippen MR) is 87.8 cm³/mol. The van der Waals surface area contributed by atoms with E-state index in [9.17, 15) is 9.59 Å². The van der Waals surface area contributed by atoms with Crippen molar-refractivity contribution in [2.75, 3.05) is 24.6 Å². The second kappa shape index (κ2) is 6.40. The molecule has 23 heavy (non-hydrogen) atoms. The van der Waals surface area contributed by atoms with E-state index in [0.29, 0.717) is 25.1 Å². The number of carboxylic acid groups (broad SMARTS) is 1. The maximum absolute atomic E-state index is 12.5. The zero-order valence-corrected chi connectivity index (χ0v) is 13.2. The average molecular weight is 315 g/mol. The standard InChI is InChI=1S/C17H21N3O3/c1-12-8-10-20(18-12)15-6-4-13(5-7-15)16(21)19-9-2-3-14(11-19)17(22)23/h4-7,14H,2-3,8-11H2,1H3,(H,22,23). The fraction of sp³-hybridized carbons (Fsp3) is 0.471. The molecule has 1 aromatic rings. The smallest absolute Gasteiger partial charge is 0.308 e. The minimum absolute atomic E-state index is 0.0939. The monoisotopic (exact) mass is 315 g/mol. The summed E-state index contributed by atoms with van der Waals surface area (Å²) in [6.45, 7) is 3.80. The topological polar surface area (TPSA) is 73.2 Å². The molecule has 2 heterocycles. The number of nitrogens with zero attached hydrogens (tertiary/aromatic N) is 3. The van der Waals surface area contributed by atoms with Crippen LogP contribution in [0.15, 0.2) is 29.4 Å². The summed E-state index contributed by atoms with van der Waals surface area (Å²) in [6, 6.07) is 7.39. The van der Waals surface area contributed by atoms with Gasteiger partial charge in [-0.05, 0) is 44.0 Å². The van der Waals surface area contributed by atoms with Crippen molar-refractivity contribution in [3.05, 3.63) is 29.8 Å². The molecule has 0 radical (unpaired) electrons. The van der Waals surface area contributed by atoms with Gasteiger partial charge in [0.15, 0.2) is 0 Å². The highest BCUT2D eigenvalue weighted by Crippen LogP contribution is 2.22. The largest absolute Gasteiger partial charge is 0.481 e. The Morgan fingerprint density at radius 2 is 1.96 bits per heavy atom. The molecule has 0 aromatic heterocycles. The second-order valence-corrected chi connectivity index (χ2v) is 6.18. The summed E-state index contributed by atoms with van der Waals surface area (Å²) in [7, 11) is 0. The van der Waals surface area contributed by atoms with Gasteiger partial charge in [0.2, 0.25) is 0 Å². The molecule has 6 heteroatoms. The van der Waals surface area contributed by atoms with Gasteiger partial charge < -0.3 is 10.0 Å². The number of piperidine rings is 1. The average Bonchev–Trinajstić information content (AvgIpc) is 3.01. The van der Waals surface area contributed by atoms with Crippen LogP contribution in [-0.2, 0) is 4.79 Å². The molecule has 2 aliphatic rings. The highest BCUT2D eigenvalue weighted by Gasteiger charge is 2.28. The van der Waals surface area contributed by atoms with E-state index in [1.165, 1.54) is 0 Å². The maximum atomic E-state index is 12.5. The summed E-state index contributed by atoms with van der Waals surface area (Å²) >= 11 is 0. The lowest BCUT2D eigenvalue weighted by atomic mass is 9.97. The summed E-state index contributed by atoms with van der Waals surface area (Å²) in [6.07, 6.45) is 2.35. The van der Waals surface area contributed by atoms with Crippen LogP contribution in [0.1, 0.15) is 36.5 Å². The van der Waals surface area contributed by atoms with Crippen LogP contribution in [0.5, 0.6) is 0 Å². The van der Waals surface area contributed by atoms with Gasteiger partial charge in [0, 0.05) is 37.3 Å². The third-order valence-electron chi connectivity index (χ3n) is 4.45. The number of rotatable bonds is 3. The van der Waals surface area contributed by atoms with E-state index < -0.39 is 11.9 Å². The Morgan fingerprint density at radius 3 is 2.57 bits per heavy atom. The van der Waals surface area contributed by atoms with Gasteiger partial charge in [0.1, 0.15) is 0 Å². The molecule has 0 saturated carbocycles. The lowest BCUT2D eigenvalue weighted by Gasteiger charge is -2.30. The Bertz CT molecular complexity index is 639. The summed E-state index contributed by atoms with van der Waals surface area (Å²) in [5.41, 5.74) is 2.68. The molecule has 1 N–H and O–H groups in total. The van der Waals surface area contributed by atoms with Crippen LogP contribution in [0.4, 0.5) is 5.69 Å². The number of carbonyl (C=O) groups is 2. The number of aliphatic carboxylic acids is 1. The Labute approximate surface area is 135 Å². The highest BCUT2D eigenvalue weighted by molar-refractivity contribution is 5.95. The molecule has 1 amide bonds. The van der Waals surface area contributed by atoms with Crippen molar-refractivity contribution in [2.45, 2.75) is 26.2 Å². The van der Waals surface area contributed by atoms with Gasteiger partial charge in [0.05, 0.1) is 11.6 Å². The highest BCUT2D eigenvalue weighted by atomic mass is 16.4. The van der Waals surface area contributed by atoms with Crippen molar-refractivity contribution in [2.24, 2.45) is 11.0 Å². The molecule has 0 bridgehead atoms. The first-order valence-electron chi connectivity index (χ1n) is 7.98. The molecule has 3 rings (SSSR count). The maximum Gasteiger partial charge on any atom is 0.308 e. The lowest BCUT2D eigenvalue weighted by Crippen LogP contribution is -2.42. The third-order valence-corrected chi connectivity index (χ3v) is 4.45. The molecule has 1 unspecified atom stereocenters. The number of anilines is 1. The van der Waals surface area contributed by atoms with Crippen molar-refractivity contribution in [3.63, 3.8) is 0 Å². The van der Waals surface area contributed by atoms with Gasteiger partial charge in [0.25, 0.3) is 5.91 Å². The number of benzene rings is 1. The van der Waals surface area contributed by atoms with E-state index in [0.717, 1.165) is 30.8 Å². The van der Waals surface area contributed by atoms with Crippen molar-refractivity contribution in [1.82, 2.24) is 4.90 Å². The first-order valence-corrected chi connectivity index (χ1v) is 7.98. The van der Waals surface area contributed by atoms with Crippen molar-refractivity contribution < 1.29 is 14.7 Å². The van der Waals surface area contributed by atoms with E-state index in [1.807, 2.05) is 24.1 Å². The van der Waals surface area contributed by atoms with Crippen LogP contribution in [-0.4, -0.2) is 47.2 Å². The van der Waals surface area contributed by atoms with Crippen molar-refractivity contribution >= 4 is 23.3 Å². The van der Waals surface area contributed by atoms with E-state index in [1.54, 1.807) is 17.0 Å². The summed E-state index contributed by atoms with van der Waals surface area (Å²) in [4.78, 5) is 25.3. The molecular weight excluding hydrogens is 294 g/mol. The van der Waals surface area contributed by atoms with Crippen LogP contribution in [0.2, 0.25) is 0 Å². The number of hydrazone groups is 1. The Hall–Kier alpha value is -2.37. The van der Waals surface area contributed by atoms with Crippen molar-refractivity contribution in [3.8, 4) is 0 Å². The Balaban J connectivity index is 1.69. The number of likely N-dealkylation sites (tertiary alicyclic amines) is 1. The van der Waals surface area contributed by atoms with Gasteiger partial charge >= 0.3 is 5.97 Å². The van der Waals surface area contributed by atoms with Gasteiger partial charge in [-0.15, -0.1) is 0 Å². The first-order chi connectivity index (χ1) is 11.0. The minimum Gasteiger partial charge on any atom is -0.481 e. The molecule has 122 valence electrons. The molecule has 1 saturated heterocycles. The molecule has 6 nitrogen and oxygen atoms in total. The summed E-state index contributed by atoms with van der Waals surface area (Å²) in [5.74, 6) is -1.36. The van der Waals surface area contributed by atoms with Crippen LogP contribution < -0.4 is 5.01 Å². The van der Waals surface area contributed by atoms with Gasteiger partial charge in [-0.1, -0.05) is 0 Å². The predicted octanol–water partition coefficient (Wildman–Crippen LogP) is 2.21. The number of carbonyl (C=O) groups excluding carboxylic acids is 1. The third kappa shape index (κ3) is 3.36. The minimum atomic E-state index is -0.819. The molecule has 1 atom stereocenters. The van der Waals surface area contributed by atoms with E-state index in [-0.39, 0.29) is 5.91 Å². The number of hydrogen-bond donors (Lipinski definition) is 1. The van der Waals surface area contributed by atoms with Crippen LogP contribution in [0, 0.1) is 5.92 Å². The van der Waals surface area contributed by atoms with E-state index in [2.05, 4.69) is 5.10 Å². The quantitative estimate of drug-likeness (QED) is 0.928. The van der Waals surface area contributed by atoms with Crippen LogP contribution >= 0.6 is 0 Å². The van der Waals surface area contributed by atoms with Gasteiger partial charge in [-0.25, -0.2) is 0 Å². The number of carboxylic acids is 1. The number of amides is 1. The molecule has 0 spiro atoms. The zero-order chi connectivity index (χ0) is 16.4. The fourth-order valence-electron chi connectivity index (χ4n) is 3.08. The van der Waals surface area contributed by atoms with Crippen LogP contribution in [0.3, 0.4) is 0 Å². The van der Waals surface area contributed by atoms with E-state index >= 15 is 0 Å². The second-order valence-electron chi connectivity index (χ2n) is 6.18. The normalized spacial score (nSPS) is 21.3. The van der Waals surface area contributed by atoms with Gasteiger partial charge in [-0.3, -0.25) is 14.6 Å². The molecule has 1 fully saturated rings. The Kier molecular flexibility index (Phi) is 4.32. The summed E-state index contributed by atoms with van der Waals surface area (Å²) < 4.78 is 0. The fourth-order valence-corrected chi connectivity index (χ4v) is 3.08. The summed E-state index contributed by atoms with van der Waals surface area (Å²) in [5, 5.41) is 15.5. The first kappa shape index (κ1) is 15.5. The van der Waals surface area contributed by atoms with Gasteiger partial charge in [-0.2, -0.15) is 5.10 Å². The number of hydrogen-bond acceptors (Lipinski definition) is 4. The zero-order valence-electron chi connectivity index (χ0n) is 13.2. The lowest BCUT2D eigenvalue weighted by molar-refractivity contribution is -0.143. The molecule has 1 aromatic carbocycles. The van der Waals surface area contributed by atoms with E-state index in [4.69, 9.17) is 5.11 Å². The SMILES string of the molecule is CC1=NN(c2ccc(C(=O)N3CCCC(C(=O)O)C3)cc2)CC1. The Morgan fingerprint density at radius 1 is 1.22 bits per heavy atom. The molecular formula is C17H21N3O3. The van der Waals surface area contributed by atoms with Crippen LogP contribution in [0.25, 0.3) is 0 Å². The van der Waals surface area contributed by atoms with Crippen molar-refractivity contribution in [1.29, 1.82) is 0 Å². The molecule has 2 aliphatic heterocycles. The molecule has 0 aliphatic carbocycles.